The van der Waals surface area contributed by atoms with Gasteiger partial charge in [0, 0.05) is 50.6 Å². The number of nitrogens with zero attached hydrogens (tertiary/aromatic N) is 5. The van der Waals surface area contributed by atoms with Crippen molar-refractivity contribution in [1.82, 2.24) is 14.5 Å². The Labute approximate surface area is 226 Å². The van der Waals surface area contributed by atoms with Crippen molar-refractivity contribution in [3.63, 3.8) is 0 Å². The van der Waals surface area contributed by atoms with E-state index in [0.29, 0.717) is 11.6 Å². The Morgan fingerprint density at radius 1 is 0.865 bits per heavy atom. The van der Waals surface area contributed by atoms with E-state index in [-0.39, 0.29) is 12.4 Å². The highest BCUT2D eigenvalue weighted by Crippen LogP contribution is 2.24. The van der Waals surface area contributed by atoms with Crippen molar-refractivity contribution in [2.24, 2.45) is 0 Å². The van der Waals surface area contributed by atoms with Gasteiger partial charge in [-0.2, -0.15) is 5.26 Å². The third kappa shape index (κ3) is 7.01. The summed E-state index contributed by atoms with van der Waals surface area (Å²) in [5.74, 6) is 0. The monoisotopic (exact) mass is 511 g/mol. The Bertz CT molecular complexity index is 1260. The molecule has 6 heteroatoms. The molecule has 37 heavy (non-hydrogen) atoms. The molecule has 0 radical (unpaired) electrons. The predicted molar refractivity (Wildman–Crippen MR) is 152 cm³/mol. The van der Waals surface area contributed by atoms with Gasteiger partial charge in [-0.25, -0.2) is 4.98 Å². The molecule has 190 valence electrons. The Hall–Kier alpha value is -3.59. The van der Waals surface area contributed by atoms with Crippen LogP contribution in [-0.4, -0.2) is 40.1 Å². The summed E-state index contributed by atoms with van der Waals surface area (Å²) in [5.41, 5.74) is 5.82. The molecule has 0 bridgehead atoms. The third-order valence-corrected chi connectivity index (χ3v) is 7.23. The van der Waals surface area contributed by atoms with Crippen LogP contribution in [0.15, 0.2) is 97.5 Å². The number of aromatic nitrogens is 2. The quantitative estimate of drug-likeness (QED) is 0.279. The van der Waals surface area contributed by atoms with Crippen LogP contribution in [-0.2, 0) is 19.5 Å². The average Bonchev–Trinajstić information content (AvgIpc) is 3.39. The molecule has 4 aromatic rings. The van der Waals surface area contributed by atoms with Crippen LogP contribution in [0.1, 0.15) is 35.2 Å². The lowest BCUT2D eigenvalue weighted by molar-refractivity contribution is 0.159. The highest BCUT2D eigenvalue weighted by Gasteiger charge is 2.25. The molecular formula is C31H34ClN5. The van der Waals surface area contributed by atoms with E-state index in [2.05, 4.69) is 86.1 Å². The zero-order valence-electron chi connectivity index (χ0n) is 21.1. The van der Waals surface area contributed by atoms with E-state index in [1.807, 2.05) is 36.8 Å². The second kappa shape index (κ2) is 13.1. The van der Waals surface area contributed by atoms with Gasteiger partial charge < -0.3 is 9.47 Å². The van der Waals surface area contributed by atoms with Crippen LogP contribution in [0.4, 0.5) is 5.69 Å². The Kier molecular flexibility index (Phi) is 9.37. The fourth-order valence-electron chi connectivity index (χ4n) is 5.15. The van der Waals surface area contributed by atoms with Crippen molar-refractivity contribution in [2.45, 2.75) is 38.4 Å². The number of halogens is 1. The van der Waals surface area contributed by atoms with Gasteiger partial charge in [-0.1, -0.05) is 60.7 Å². The third-order valence-electron chi connectivity index (χ3n) is 7.23. The van der Waals surface area contributed by atoms with E-state index in [1.165, 1.54) is 22.5 Å². The number of nitriles is 1. The lowest BCUT2D eigenvalue weighted by Crippen LogP contribution is -2.45. The van der Waals surface area contributed by atoms with Gasteiger partial charge in [-0.3, -0.25) is 4.90 Å². The second-order valence-electron chi connectivity index (χ2n) is 9.58. The van der Waals surface area contributed by atoms with Gasteiger partial charge in [0.1, 0.15) is 0 Å². The van der Waals surface area contributed by atoms with Crippen molar-refractivity contribution in [1.29, 1.82) is 5.26 Å². The molecule has 0 aliphatic carbocycles. The maximum absolute atomic E-state index is 9.09. The van der Waals surface area contributed by atoms with E-state index in [4.69, 9.17) is 5.26 Å². The second-order valence-corrected chi connectivity index (χ2v) is 9.58. The zero-order valence-corrected chi connectivity index (χ0v) is 21.9. The molecule has 5 rings (SSSR count). The molecule has 1 aliphatic heterocycles. The maximum atomic E-state index is 9.09. The zero-order chi connectivity index (χ0) is 24.6. The molecule has 0 N–H and O–H groups in total. The Morgan fingerprint density at radius 3 is 2.22 bits per heavy atom. The number of hydrogen-bond acceptors (Lipinski definition) is 4. The van der Waals surface area contributed by atoms with E-state index < -0.39 is 0 Å². The largest absolute Gasteiger partial charge is 0.371 e. The van der Waals surface area contributed by atoms with Crippen LogP contribution < -0.4 is 4.90 Å². The SMILES string of the molecule is Cl.N#Cc1ccc(Cn2cncc2CN(CCc2ccccc2)C2CCN(c3ccccc3)CC2)cc1. The lowest BCUT2D eigenvalue weighted by atomic mass is 10.0. The highest BCUT2D eigenvalue weighted by atomic mass is 35.5. The molecule has 0 amide bonds. The summed E-state index contributed by atoms with van der Waals surface area (Å²) >= 11 is 0. The molecule has 3 aromatic carbocycles. The van der Waals surface area contributed by atoms with Gasteiger partial charge >= 0.3 is 0 Å². The van der Waals surface area contributed by atoms with E-state index in [9.17, 15) is 0 Å². The minimum absolute atomic E-state index is 0. The van der Waals surface area contributed by atoms with E-state index in [0.717, 1.165) is 52.0 Å². The molecule has 1 saturated heterocycles. The molecular weight excluding hydrogens is 478 g/mol. The summed E-state index contributed by atoms with van der Waals surface area (Å²) in [7, 11) is 0. The van der Waals surface area contributed by atoms with Gasteiger partial charge in [0.05, 0.1) is 23.7 Å². The van der Waals surface area contributed by atoms with Crippen LogP contribution in [0.25, 0.3) is 0 Å². The fourth-order valence-corrected chi connectivity index (χ4v) is 5.15. The minimum atomic E-state index is 0. The molecule has 0 saturated carbocycles. The molecule has 0 unspecified atom stereocenters. The van der Waals surface area contributed by atoms with Crippen LogP contribution >= 0.6 is 12.4 Å². The van der Waals surface area contributed by atoms with Gasteiger partial charge in [0.25, 0.3) is 0 Å². The summed E-state index contributed by atoms with van der Waals surface area (Å²) in [5, 5.41) is 9.09. The molecule has 0 spiro atoms. The maximum Gasteiger partial charge on any atom is 0.0991 e. The van der Waals surface area contributed by atoms with Crippen LogP contribution in [0.5, 0.6) is 0 Å². The molecule has 0 atom stereocenters. The number of piperidine rings is 1. The average molecular weight is 512 g/mol. The van der Waals surface area contributed by atoms with Crippen LogP contribution in [0, 0.1) is 11.3 Å². The molecule has 1 aliphatic rings. The van der Waals surface area contributed by atoms with Crippen molar-refractivity contribution in [2.75, 3.05) is 24.5 Å². The molecule has 2 heterocycles. The van der Waals surface area contributed by atoms with Crippen LogP contribution in [0.3, 0.4) is 0 Å². The Morgan fingerprint density at radius 2 is 1.54 bits per heavy atom. The van der Waals surface area contributed by atoms with Crippen molar-refractivity contribution < 1.29 is 0 Å². The van der Waals surface area contributed by atoms with E-state index >= 15 is 0 Å². The lowest BCUT2D eigenvalue weighted by Gasteiger charge is -2.39. The predicted octanol–water partition coefficient (Wildman–Crippen LogP) is 5.94. The number of imidazole rings is 1. The van der Waals surface area contributed by atoms with Crippen molar-refractivity contribution >= 4 is 18.1 Å². The number of para-hydroxylation sites is 1. The van der Waals surface area contributed by atoms with E-state index in [1.54, 1.807) is 0 Å². The summed E-state index contributed by atoms with van der Waals surface area (Å²) in [6, 6.07) is 32.2. The summed E-state index contributed by atoms with van der Waals surface area (Å²) in [6.07, 6.45) is 7.31. The number of hydrogen-bond donors (Lipinski definition) is 0. The normalized spacial score (nSPS) is 13.8. The fraction of sp³-hybridized carbons (Fsp3) is 0.290. The number of benzene rings is 3. The first-order valence-corrected chi connectivity index (χ1v) is 12.8. The number of rotatable bonds is 9. The number of anilines is 1. The van der Waals surface area contributed by atoms with Gasteiger partial charge in [0.2, 0.25) is 0 Å². The summed E-state index contributed by atoms with van der Waals surface area (Å²) in [4.78, 5) is 9.68. The first-order chi connectivity index (χ1) is 17.8. The molecule has 5 nitrogen and oxygen atoms in total. The first kappa shape index (κ1) is 26.5. The van der Waals surface area contributed by atoms with Gasteiger partial charge in [0.15, 0.2) is 0 Å². The van der Waals surface area contributed by atoms with Gasteiger partial charge in [-0.05, 0) is 54.7 Å². The molecule has 1 fully saturated rings. The Balaban J connectivity index is 0.00000320. The topological polar surface area (TPSA) is 48.1 Å². The van der Waals surface area contributed by atoms with Gasteiger partial charge in [-0.15, -0.1) is 12.4 Å². The first-order valence-electron chi connectivity index (χ1n) is 12.8. The standard InChI is InChI=1S/C31H33N5.ClH/c32-21-27-11-13-28(14-12-27)23-36-25-33-22-31(36)24-35(18-15-26-7-3-1-4-8-26)30-16-19-34(20-17-30)29-9-5-2-6-10-29;/h1-14,22,25,30H,15-20,23-24H2;1H. The summed E-state index contributed by atoms with van der Waals surface area (Å²) < 4.78 is 2.25. The molecule has 1 aromatic heterocycles. The van der Waals surface area contributed by atoms with Crippen LogP contribution in [0.2, 0.25) is 0 Å². The smallest absolute Gasteiger partial charge is 0.0991 e. The van der Waals surface area contributed by atoms with Crippen molar-refractivity contribution in [3.8, 4) is 6.07 Å². The minimum Gasteiger partial charge on any atom is -0.371 e. The van der Waals surface area contributed by atoms with Crippen molar-refractivity contribution in [3.05, 3.63) is 120 Å². The highest BCUT2D eigenvalue weighted by molar-refractivity contribution is 5.85. The summed E-state index contributed by atoms with van der Waals surface area (Å²) in [6.45, 7) is 4.85.